The van der Waals surface area contributed by atoms with Gasteiger partial charge in [0.25, 0.3) is 0 Å². The van der Waals surface area contributed by atoms with E-state index in [0.29, 0.717) is 5.92 Å². The van der Waals surface area contributed by atoms with E-state index in [4.69, 9.17) is 6.42 Å². The van der Waals surface area contributed by atoms with Crippen LogP contribution in [-0.4, -0.2) is 18.1 Å². The molecule has 0 radical (unpaired) electrons. The van der Waals surface area contributed by atoms with Crippen LogP contribution in [0.2, 0.25) is 0 Å². The van der Waals surface area contributed by atoms with Gasteiger partial charge in [-0.15, -0.1) is 6.42 Å². The summed E-state index contributed by atoms with van der Waals surface area (Å²) in [5.41, 5.74) is 3.51. The molecule has 2 heteroatoms. The third-order valence-corrected chi connectivity index (χ3v) is 3.90. The second-order valence-corrected chi connectivity index (χ2v) is 4.86. The van der Waals surface area contributed by atoms with Gasteiger partial charge in [0.2, 0.25) is 0 Å². The first-order valence-electron chi connectivity index (χ1n) is 6.21. The lowest BCUT2D eigenvalue weighted by Crippen LogP contribution is -2.34. The second kappa shape index (κ2) is 4.35. The number of nitrogens with one attached hydrogen (secondary N) is 1. The Kier molecular flexibility index (Phi) is 2.70. The maximum Gasteiger partial charge on any atom is 0.0432 e. The number of fused-ring (bicyclic) bond motifs is 1. The van der Waals surface area contributed by atoms with Crippen LogP contribution >= 0.6 is 0 Å². The van der Waals surface area contributed by atoms with Crippen LogP contribution < -0.4 is 5.32 Å². The van der Waals surface area contributed by atoms with Crippen LogP contribution in [0.25, 0.3) is 5.57 Å². The van der Waals surface area contributed by atoms with Crippen LogP contribution in [0, 0.1) is 24.2 Å². The third kappa shape index (κ3) is 1.87. The average Bonchev–Trinajstić information content (AvgIpc) is 2.82. The van der Waals surface area contributed by atoms with Gasteiger partial charge in [0, 0.05) is 24.5 Å². The minimum Gasteiger partial charge on any atom is -0.316 e. The summed E-state index contributed by atoms with van der Waals surface area (Å²) < 4.78 is 0. The highest BCUT2D eigenvalue weighted by molar-refractivity contribution is 5.70. The normalized spacial score (nSPS) is 27.1. The number of terminal acetylenes is 1. The number of aromatic nitrogens is 1. The molecule has 2 nitrogen and oxygen atoms in total. The van der Waals surface area contributed by atoms with Crippen LogP contribution in [0.4, 0.5) is 0 Å². The van der Waals surface area contributed by atoms with Crippen molar-refractivity contribution in [1.82, 2.24) is 10.3 Å². The zero-order chi connectivity index (χ0) is 11.7. The van der Waals surface area contributed by atoms with Gasteiger partial charge in [-0.25, -0.2) is 0 Å². The van der Waals surface area contributed by atoms with Gasteiger partial charge in [-0.05, 0) is 48.4 Å². The smallest absolute Gasteiger partial charge is 0.0432 e. The van der Waals surface area contributed by atoms with Crippen LogP contribution in [0.5, 0.6) is 0 Å². The molecule has 2 atom stereocenters. The molecule has 2 heterocycles. The Bertz CT molecular complexity index is 496. The summed E-state index contributed by atoms with van der Waals surface area (Å²) in [7, 11) is 0. The number of piperidine rings is 1. The molecule has 1 fully saturated rings. The Morgan fingerprint density at radius 3 is 3.24 bits per heavy atom. The molecule has 2 aliphatic rings. The molecule has 2 unspecified atom stereocenters. The highest BCUT2D eigenvalue weighted by atomic mass is 14.9. The summed E-state index contributed by atoms with van der Waals surface area (Å²) in [5, 5.41) is 3.48. The number of hydrogen-bond acceptors (Lipinski definition) is 2. The van der Waals surface area contributed by atoms with Crippen molar-refractivity contribution < 1.29 is 0 Å². The zero-order valence-electron chi connectivity index (χ0n) is 9.82. The highest BCUT2D eigenvalue weighted by Crippen LogP contribution is 2.40. The van der Waals surface area contributed by atoms with Gasteiger partial charge in [0.1, 0.15) is 0 Å². The Morgan fingerprint density at radius 2 is 2.35 bits per heavy atom. The van der Waals surface area contributed by atoms with Crippen LogP contribution in [-0.2, 0) is 0 Å². The van der Waals surface area contributed by atoms with E-state index in [1.54, 1.807) is 6.20 Å². The molecule has 1 saturated heterocycles. The molecule has 0 aromatic carbocycles. The summed E-state index contributed by atoms with van der Waals surface area (Å²) in [6, 6.07) is 2.08. The van der Waals surface area contributed by atoms with Crippen molar-refractivity contribution in [2.45, 2.75) is 12.8 Å². The Hall–Kier alpha value is -1.59. The lowest BCUT2D eigenvalue weighted by Gasteiger charge is -2.28. The summed E-state index contributed by atoms with van der Waals surface area (Å²) in [5.74, 6) is 4.13. The number of pyridine rings is 1. The number of nitrogens with zero attached hydrogens (tertiary/aromatic N) is 1. The molecule has 0 amide bonds. The minimum atomic E-state index is 0.651. The molecule has 0 spiro atoms. The summed E-state index contributed by atoms with van der Waals surface area (Å²) >= 11 is 0. The highest BCUT2D eigenvalue weighted by Gasteiger charge is 2.32. The summed E-state index contributed by atoms with van der Waals surface area (Å²) in [4.78, 5) is 4.23. The fraction of sp³-hybridized carbons (Fsp3) is 0.400. The second-order valence-electron chi connectivity index (χ2n) is 4.86. The Morgan fingerprint density at radius 1 is 1.41 bits per heavy atom. The third-order valence-electron chi connectivity index (χ3n) is 3.90. The van der Waals surface area contributed by atoms with Gasteiger partial charge in [-0.1, -0.05) is 12.0 Å². The van der Waals surface area contributed by atoms with Crippen molar-refractivity contribution in [1.29, 1.82) is 0 Å². The van der Waals surface area contributed by atoms with E-state index in [0.717, 1.165) is 24.6 Å². The van der Waals surface area contributed by atoms with Crippen LogP contribution in [0.3, 0.4) is 0 Å². The van der Waals surface area contributed by atoms with E-state index in [1.165, 1.54) is 24.0 Å². The van der Waals surface area contributed by atoms with E-state index in [1.807, 2.05) is 6.20 Å². The van der Waals surface area contributed by atoms with Gasteiger partial charge in [0.05, 0.1) is 0 Å². The van der Waals surface area contributed by atoms with Crippen molar-refractivity contribution in [3.8, 4) is 12.3 Å². The molecule has 17 heavy (non-hydrogen) atoms. The van der Waals surface area contributed by atoms with Crippen molar-refractivity contribution in [3.05, 3.63) is 35.7 Å². The Balaban J connectivity index is 1.91. The molecule has 1 aromatic rings. The van der Waals surface area contributed by atoms with E-state index in [9.17, 15) is 0 Å². The topological polar surface area (TPSA) is 24.9 Å². The maximum absolute atomic E-state index is 5.43. The maximum atomic E-state index is 5.43. The van der Waals surface area contributed by atoms with Crippen LogP contribution in [0.1, 0.15) is 24.0 Å². The molecule has 1 N–H and O–H groups in total. The standard InChI is InChI=1S/C15H16N2/c1-2-11-7-13(9-17-8-11)14-4-3-12-5-6-16-10-15(12)14/h1,4,7-9,12,15-16H,3,5-6,10H2. The molecule has 0 bridgehead atoms. The van der Waals surface area contributed by atoms with Crippen molar-refractivity contribution in [3.63, 3.8) is 0 Å². The fourth-order valence-corrected chi connectivity index (χ4v) is 3.00. The Labute approximate surface area is 102 Å². The fourth-order valence-electron chi connectivity index (χ4n) is 3.00. The van der Waals surface area contributed by atoms with Crippen molar-refractivity contribution in [2.24, 2.45) is 11.8 Å². The van der Waals surface area contributed by atoms with Crippen molar-refractivity contribution >= 4 is 5.57 Å². The van der Waals surface area contributed by atoms with E-state index in [-0.39, 0.29) is 0 Å². The SMILES string of the molecule is C#Cc1cncc(C2=CCC3CCNCC23)c1. The quantitative estimate of drug-likeness (QED) is 0.739. The molecule has 1 aliphatic carbocycles. The van der Waals surface area contributed by atoms with Gasteiger partial charge >= 0.3 is 0 Å². The lowest BCUT2D eigenvalue weighted by molar-refractivity contribution is 0.328. The molecule has 1 aromatic heterocycles. The molecule has 3 rings (SSSR count). The zero-order valence-corrected chi connectivity index (χ0v) is 9.82. The average molecular weight is 224 g/mol. The minimum absolute atomic E-state index is 0.651. The summed E-state index contributed by atoms with van der Waals surface area (Å²) in [6.07, 6.45) is 14.0. The van der Waals surface area contributed by atoms with Gasteiger partial charge in [-0.2, -0.15) is 0 Å². The predicted octanol–water partition coefficient (Wildman–Crippen LogP) is 2.08. The molecule has 0 saturated carbocycles. The first-order valence-corrected chi connectivity index (χ1v) is 6.21. The number of allylic oxidation sites excluding steroid dienone is 1. The van der Waals surface area contributed by atoms with Gasteiger partial charge in [0.15, 0.2) is 0 Å². The van der Waals surface area contributed by atoms with Gasteiger partial charge < -0.3 is 5.32 Å². The van der Waals surface area contributed by atoms with E-state index < -0.39 is 0 Å². The first-order chi connectivity index (χ1) is 8.38. The molecule has 86 valence electrons. The molecule has 1 aliphatic heterocycles. The number of rotatable bonds is 1. The van der Waals surface area contributed by atoms with Gasteiger partial charge in [-0.3, -0.25) is 4.98 Å². The lowest BCUT2D eigenvalue weighted by atomic mass is 9.84. The predicted molar refractivity (Wildman–Crippen MR) is 69.2 cm³/mol. The molecular weight excluding hydrogens is 208 g/mol. The summed E-state index contributed by atoms with van der Waals surface area (Å²) in [6.45, 7) is 2.25. The van der Waals surface area contributed by atoms with E-state index in [2.05, 4.69) is 28.4 Å². The molecular formula is C15H16N2. The van der Waals surface area contributed by atoms with Crippen molar-refractivity contribution in [2.75, 3.05) is 13.1 Å². The monoisotopic (exact) mass is 224 g/mol. The number of hydrogen-bond donors (Lipinski definition) is 1. The largest absolute Gasteiger partial charge is 0.316 e. The van der Waals surface area contributed by atoms with E-state index >= 15 is 0 Å². The first kappa shape index (κ1) is 10.6. The van der Waals surface area contributed by atoms with Crippen LogP contribution in [0.15, 0.2) is 24.5 Å².